The average Bonchev–Trinajstić information content (AvgIpc) is 3.15. The highest BCUT2D eigenvalue weighted by molar-refractivity contribution is 7.89. The minimum atomic E-state index is -3.77. The summed E-state index contributed by atoms with van der Waals surface area (Å²) in [5.41, 5.74) is 3.19. The second-order valence-electron chi connectivity index (χ2n) is 7.53. The predicted molar refractivity (Wildman–Crippen MR) is 112 cm³/mol. The number of piperazine rings is 1. The van der Waals surface area contributed by atoms with E-state index in [4.69, 9.17) is 11.6 Å². The molecule has 29 heavy (non-hydrogen) atoms. The standard InChI is InChI=1S/C20H23ClN2O4S2/c1-15-5-8-20(19(21)13-15)29(26,27)23-11-9-22(10-12-23)28(24,25)18-7-6-16-3-2-4-17(16)14-18/h5-8,13-14H,2-4,9-12H2,1H3. The third-order valence-electron chi connectivity index (χ3n) is 5.61. The summed E-state index contributed by atoms with van der Waals surface area (Å²) in [5, 5.41) is 0.179. The monoisotopic (exact) mass is 454 g/mol. The number of fused-ring (bicyclic) bond motifs is 1. The molecule has 0 radical (unpaired) electrons. The Hall–Kier alpha value is -1.45. The fourth-order valence-electron chi connectivity index (χ4n) is 3.96. The van der Waals surface area contributed by atoms with Gasteiger partial charge in [-0.1, -0.05) is 23.7 Å². The van der Waals surface area contributed by atoms with E-state index in [9.17, 15) is 16.8 Å². The SMILES string of the molecule is Cc1ccc(S(=O)(=O)N2CCN(S(=O)(=O)c3ccc4c(c3)CCC4)CC2)c(Cl)c1. The third-order valence-corrected chi connectivity index (χ3v) is 9.89. The van der Waals surface area contributed by atoms with Gasteiger partial charge in [-0.15, -0.1) is 0 Å². The molecule has 2 aromatic carbocycles. The molecule has 0 spiro atoms. The smallest absolute Gasteiger partial charge is 0.207 e. The summed E-state index contributed by atoms with van der Waals surface area (Å²) in [7, 11) is -7.42. The molecule has 1 fully saturated rings. The lowest BCUT2D eigenvalue weighted by atomic mass is 10.1. The van der Waals surface area contributed by atoms with E-state index >= 15 is 0 Å². The molecule has 1 aliphatic carbocycles. The second kappa shape index (κ2) is 7.67. The largest absolute Gasteiger partial charge is 0.244 e. The van der Waals surface area contributed by atoms with Crippen LogP contribution in [-0.4, -0.2) is 51.6 Å². The molecule has 0 atom stereocenters. The first-order valence-corrected chi connectivity index (χ1v) is 12.8. The highest BCUT2D eigenvalue weighted by atomic mass is 35.5. The van der Waals surface area contributed by atoms with Crippen molar-refractivity contribution in [1.29, 1.82) is 0 Å². The summed E-state index contributed by atoms with van der Waals surface area (Å²) in [4.78, 5) is 0.343. The van der Waals surface area contributed by atoms with Crippen LogP contribution in [0.1, 0.15) is 23.1 Å². The molecule has 0 N–H and O–H groups in total. The van der Waals surface area contributed by atoms with E-state index < -0.39 is 20.0 Å². The van der Waals surface area contributed by atoms with Crippen molar-refractivity contribution in [2.24, 2.45) is 0 Å². The van der Waals surface area contributed by atoms with Crippen LogP contribution in [0, 0.1) is 6.92 Å². The first-order chi connectivity index (χ1) is 13.7. The minimum absolute atomic E-state index is 0.0553. The lowest BCUT2D eigenvalue weighted by Crippen LogP contribution is -2.50. The molecule has 0 aromatic heterocycles. The van der Waals surface area contributed by atoms with Gasteiger partial charge in [0.2, 0.25) is 20.0 Å². The van der Waals surface area contributed by atoms with Gasteiger partial charge in [-0.3, -0.25) is 0 Å². The van der Waals surface area contributed by atoms with Gasteiger partial charge in [-0.05, 0) is 67.1 Å². The zero-order valence-electron chi connectivity index (χ0n) is 16.1. The van der Waals surface area contributed by atoms with Crippen LogP contribution in [-0.2, 0) is 32.9 Å². The molecule has 1 saturated heterocycles. The Kier molecular flexibility index (Phi) is 5.50. The summed E-state index contributed by atoms with van der Waals surface area (Å²) >= 11 is 6.15. The quantitative estimate of drug-likeness (QED) is 0.711. The fraction of sp³-hybridized carbons (Fsp3) is 0.400. The minimum Gasteiger partial charge on any atom is -0.207 e. The van der Waals surface area contributed by atoms with Gasteiger partial charge < -0.3 is 0 Å². The van der Waals surface area contributed by atoms with Gasteiger partial charge in [0.15, 0.2) is 0 Å². The van der Waals surface area contributed by atoms with E-state index in [-0.39, 0.29) is 41.0 Å². The van der Waals surface area contributed by atoms with Gasteiger partial charge in [0.05, 0.1) is 9.92 Å². The maximum Gasteiger partial charge on any atom is 0.244 e. The Bertz CT molecular complexity index is 1150. The number of halogens is 1. The fourth-order valence-corrected chi connectivity index (χ4v) is 7.43. The highest BCUT2D eigenvalue weighted by Gasteiger charge is 2.35. The molecular weight excluding hydrogens is 432 g/mol. The molecule has 6 nitrogen and oxygen atoms in total. The molecule has 1 aliphatic heterocycles. The van der Waals surface area contributed by atoms with Gasteiger partial charge in [-0.25, -0.2) is 16.8 Å². The van der Waals surface area contributed by atoms with Crippen LogP contribution in [0.15, 0.2) is 46.2 Å². The van der Waals surface area contributed by atoms with Crippen molar-refractivity contribution < 1.29 is 16.8 Å². The zero-order chi connectivity index (χ0) is 20.8. The van der Waals surface area contributed by atoms with E-state index in [0.29, 0.717) is 0 Å². The molecule has 156 valence electrons. The average molecular weight is 455 g/mol. The lowest BCUT2D eigenvalue weighted by Gasteiger charge is -2.33. The van der Waals surface area contributed by atoms with E-state index in [1.54, 1.807) is 24.3 Å². The maximum atomic E-state index is 13.0. The molecule has 0 saturated carbocycles. The van der Waals surface area contributed by atoms with Crippen molar-refractivity contribution in [2.45, 2.75) is 36.0 Å². The van der Waals surface area contributed by atoms with Crippen LogP contribution < -0.4 is 0 Å². The van der Waals surface area contributed by atoms with E-state index in [1.165, 1.54) is 20.2 Å². The second-order valence-corrected chi connectivity index (χ2v) is 11.8. The van der Waals surface area contributed by atoms with Gasteiger partial charge in [0.25, 0.3) is 0 Å². The zero-order valence-corrected chi connectivity index (χ0v) is 18.5. The van der Waals surface area contributed by atoms with Crippen molar-refractivity contribution in [3.05, 3.63) is 58.1 Å². The molecule has 1 heterocycles. The van der Waals surface area contributed by atoms with Crippen LogP contribution in [0.4, 0.5) is 0 Å². The molecular formula is C20H23ClN2O4S2. The van der Waals surface area contributed by atoms with Crippen molar-refractivity contribution in [3.8, 4) is 0 Å². The van der Waals surface area contributed by atoms with Crippen molar-refractivity contribution in [3.63, 3.8) is 0 Å². The number of nitrogens with zero attached hydrogens (tertiary/aromatic N) is 2. The molecule has 0 unspecified atom stereocenters. The van der Waals surface area contributed by atoms with Crippen molar-refractivity contribution >= 4 is 31.6 Å². The Morgan fingerprint density at radius 3 is 2.07 bits per heavy atom. The van der Waals surface area contributed by atoms with Gasteiger partial charge in [-0.2, -0.15) is 8.61 Å². The van der Waals surface area contributed by atoms with Gasteiger partial charge in [0, 0.05) is 26.2 Å². The Balaban J connectivity index is 1.51. The Morgan fingerprint density at radius 2 is 1.41 bits per heavy atom. The Labute approximate surface area is 177 Å². The van der Waals surface area contributed by atoms with Crippen molar-refractivity contribution in [1.82, 2.24) is 8.61 Å². The first-order valence-electron chi connectivity index (χ1n) is 9.58. The van der Waals surface area contributed by atoms with Crippen LogP contribution in [0.2, 0.25) is 5.02 Å². The highest BCUT2D eigenvalue weighted by Crippen LogP contribution is 2.29. The molecule has 2 aliphatic rings. The molecule has 0 bridgehead atoms. The number of aryl methyl sites for hydroxylation is 3. The van der Waals surface area contributed by atoms with Crippen molar-refractivity contribution in [2.75, 3.05) is 26.2 Å². The van der Waals surface area contributed by atoms with Gasteiger partial charge in [0.1, 0.15) is 4.90 Å². The Morgan fingerprint density at radius 1 is 0.793 bits per heavy atom. The summed E-state index contributed by atoms with van der Waals surface area (Å²) in [6, 6.07) is 10.1. The predicted octanol–water partition coefficient (Wildman–Crippen LogP) is 2.83. The molecule has 0 amide bonds. The number of hydrogen-bond donors (Lipinski definition) is 0. The van der Waals surface area contributed by atoms with E-state index in [1.807, 2.05) is 13.0 Å². The van der Waals surface area contributed by atoms with Crippen LogP contribution in [0.5, 0.6) is 0 Å². The van der Waals surface area contributed by atoms with E-state index in [0.717, 1.165) is 30.4 Å². The first kappa shape index (κ1) is 20.8. The summed E-state index contributed by atoms with van der Waals surface area (Å²) < 4.78 is 54.6. The molecule has 4 rings (SSSR count). The third kappa shape index (κ3) is 3.84. The maximum absolute atomic E-state index is 13.0. The number of sulfonamides is 2. The molecule has 9 heteroatoms. The summed E-state index contributed by atoms with van der Waals surface area (Å²) in [6.45, 7) is 2.25. The van der Waals surface area contributed by atoms with Gasteiger partial charge >= 0.3 is 0 Å². The van der Waals surface area contributed by atoms with Crippen LogP contribution >= 0.6 is 11.6 Å². The number of benzene rings is 2. The van der Waals surface area contributed by atoms with E-state index in [2.05, 4.69) is 0 Å². The molecule has 2 aromatic rings. The normalized spacial score (nSPS) is 18.7. The van der Waals surface area contributed by atoms with Crippen LogP contribution in [0.3, 0.4) is 0 Å². The summed E-state index contributed by atoms with van der Waals surface area (Å²) in [6.07, 6.45) is 2.95. The number of hydrogen-bond acceptors (Lipinski definition) is 4. The lowest BCUT2D eigenvalue weighted by molar-refractivity contribution is 0.273. The summed E-state index contributed by atoms with van der Waals surface area (Å²) in [5.74, 6) is 0. The topological polar surface area (TPSA) is 74.8 Å². The number of rotatable bonds is 4. The van der Waals surface area contributed by atoms with Crippen LogP contribution in [0.25, 0.3) is 0 Å².